The van der Waals surface area contributed by atoms with Gasteiger partial charge in [-0.2, -0.15) is 0 Å². The summed E-state index contributed by atoms with van der Waals surface area (Å²) in [6, 6.07) is 6.13. The molecule has 74 valence electrons. The molecule has 0 unspecified atom stereocenters. The zero-order chi connectivity index (χ0) is 9.97. The van der Waals surface area contributed by atoms with E-state index >= 15 is 0 Å². The van der Waals surface area contributed by atoms with Crippen molar-refractivity contribution >= 4 is 17.7 Å². The maximum absolute atomic E-state index is 5.94. The third-order valence-corrected chi connectivity index (χ3v) is 2.82. The van der Waals surface area contributed by atoms with E-state index in [9.17, 15) is 0 Å². The van der Waals surface area contributed by atoms with Crippen molar-refractivity contribution in [1.82, 2.24) is 5.32 Å². The summed E-state index contributed by atoms with van der Waals surface area (Å²) < 4.78 is 0. The molecule has 1 aromatic carbocycles. The second-order valence-electron chi connectivity index (χ2n) is 3.68. The van der Waals surface area contributed by atoms with E-state index in [1.165, 1.54) is 16.7 Å². The summed E-state index contributed by atoms with van der Waals surface area (Å²) in [5, 5.41) is 4.03. The number of hydrogen-bond acceptors (Lipinski definition) is 1. The standard InChI is InChI=1S/C12H14ClN/c1-14-8-9-2-3-11-7-12(13)5-4-10(11)6-9/h4-7,14H,2-3,8H2,1H3. The summed E-state index contributed by atoms with van der Waals surface area (Å²) >= 11 is 5.94. The molecule has 0 heterocycles. The fraction of sp³-hybridized carbons (Fsp3) is 0.333. The van der Waals surface area contributed by atoms with Crippen LogP contribution < -0.4 is 5.32 Å². The van der Waals surface area contributed by atoms with Gasteiger partial charge in [-0.3, -0.25) is 0 Å². The maximum atomic E-state index is 5.94. The molecule has 1 aliphatic carbocycles. The van der Waals surface area contributed by atoms with Crippen LogP contribution in [0.3, 0.4) is 0 Å². The van der Waals surface area contributed by atoms with E-state index in [0.29, 0.717) is 0 Å². The summed E-state index contributed by atoms with van der Waals surface area (Å²) in [7, 11) is 1.98. The van der Waals surface area contributed by atoms with Crippen molar-refractivity contribution in [3.63, 3.8) is 0 Å². The molecule has 0 fully saturated rings. The summed E-state index contributed by atoms with van der Waals surface area (Å²) in [5.74, 6) is 0. The molecular formula is C12H14ClN. The highest BCUT2D eigenvalue weighted by Gasteiger charge is 2.09. The van der Waals surface area contributed by atoms with Gasteiger partial charge in [-0.1, -0.05) is 29.3 Å². The van der Waals surface area contributed by atoms with Crippen LogP contribution in [0.15, 0.2) is 23.8 Å². The number of likely N-dealkylation sites (N-methyl/N-ethyl adjacent to an activating group) is 1. The highest BCUT2D eigenvalue weighted by atomic mass is 35.5. The fourth-order valence-electron chi connectivity index (χ4n) is 1.89. The molecule has 0 aliphatic heterocycles. The highest BCUT2D eigenvalue weighted by molar-refractivity contribution is 6.30. The third-order valence-electron chi connectivity index (χ3n) is 2.58. The number of hydrogen-bond donors (Lipinski definition) is 1. The molecule has 0 saturated carbocycles. The van der Waals surface area contributed by atoms with Crippen LogP contribution >= 0.6 is 11.6 Å². The van der Waals surface area contributed by atoms with E-state index < -0.39 is 0 Å². The molecule has 1 aromatic rings. The normalized spacial score (nSPS) is 14.9. The Bertz CT molecular complexity index is 369. The largest absolute Gasteiger partial charge is 0.316 e. The van der Waals surface area contributed by atoms with Gasteiger partial charge in [-0.05, 0) is 43.1 Å². The van der Waals surface area contributed by atoms with Crippen LogP contribution in [0, 0.1) is 0 Å². The van der Waals surface area contributed by atoms with E-state index in [2.05, 4.69) is 23.5 Å². The smallest absolute Gasteiger partial charge is 0.0409 e. The van der Waals surface area contributed by atoms with Gasteiger partial charge in [0, 0.05) is 11.6 Å². The van der Waals surface area contributed by atoms with Gasteiger partial charge in [0.05, 0.1) is 0 Å². The van der Waals surface area contributed by atoms with Gasteiger partial charge in [0.15, 0.2) is 0 Å². The lowest BCUT2D eigenvalue weighted by molar-refractivity contribution is 0.809. The first-order chi connectivity index (χ1) is 6.79. The van der Waals surface area contributed by atoms with E-state index in [1.54, 1.807) is 0 Å². The molecule has 1 nitrogen and oxygen atoms in total. The molecule has 0 spiro atoms. The van der Waals surface area contributed by atoms with Gasteiger partial charge < -0.3 is 5.32 Å². The van der Waals surface area contributed by atoms with Crippen molar-refractivity contribution in [2.45, 2.75) is 12.8 Å². The molecule has 0 bridgehead atoms. The van der Waals surface area contributed by atoms with Crippen molar-refractivity contribution < 1.29 is 0 Å². The molecule has 0 saturated heterocycles. The lowest BCUT2D eigenvalue weighted by Crippen LogP contribution is -2.13. The van der Waals surface area contributed by atoms with Gasteiger partial charge in [-0.15, -0.1) is 0 Å². The van der Waals surface area contributed by atoms with Crippen LogP contribution in [0.25, 0.3) is 6.08 Å². The summed E-state index contributed by atoms with van der Waals surface area (Å²) in [5.41, 5.74) is 4.17. The monoisotopic (exact) mass is 207 g/mol. The minimum atomic E-state index is 0.842. The van der Waals surface area contributed by atoms with Crippen LogP contribution in [-0.2, 0) is 6.42 Å². The molecule has 2 heteroatoms. The van der Waals surface area contributed by atoms with E-state index in [1.807, 2.05) is 13.1 Å². The molecule has 14 heavy (non-hydrogen) atoms. The predicted molar refractivity (Wildman–Crippen MR) is 61.7 cm³/mol. The molecule has 0 atom stereocenters. The lowest BCUT2D eigenvalue weighted by atomic mass is 9.92. The Morgan fingerprint density at radius 2 is 2.21 bits per heavy atom. The van der Waals surface area contributed by atoms with Crippen molar-refractivity contribution in [3.8, 4) is 0 Å². The third kappa shape index (κ3) is 1.99. The summed E-state index contributed by atoms with van der Waals surface area (Å²) in [6.07, 6.45) is 4.53. The molecule has 1 aliphatic rings. The first kappa shape index (κ1) is 9.75. The maximum Gasteiger partial charge on any atom is 0.0409 e. The van der Waals surface area contributed by atoms with Crippen LogP contribution in [-0.4, -0.2) is 13.6 Å². The Balaban J connectivity index is 2.30. The predicted octanol–water partition coefficient (Wildman–Crippen LogP) is 2.89. The SMILES string of the molecule is CNCC1=Cc2ccc(Cl)cc2CC1. The average molecular weight is 208 g/mol. The number of halogens is 1. The first-order valence-electron chi connectivity index (χ1n) is 4.92. The Morgan fingerprint density at radius 3 is 3.00 bits per heavy atom. The van der Waals surface area contributed by atoms with Crippen molar-refractivity contribution in [2.24, 2.45) is 0 Å². The van der Waals surface area contributed by atoms with Crippen molar-refractivity contribution in [1.29, 1.82) is 0 Å². The molecule has 0 radical (unpaired) electrons. The van der Waals surface area contributed by atoms with Crippen LogP contribution in [0.1, 0.15) is 17.5 Å². The first-order valence-corrected chi connectivity index (χ1v) is 5.30. The Hall–Kier alpha value is -0.790. The second kappa shape index (κ2) is 4.16. The average Bonchev–Trinajstić information content (AvgIpc) is 2.19. The van der Waals surface area contributed by atoms with Crippen molar-refractivity contribution in [3.05, 3.63) is 39.9 Å². The van der Waals surface area contributed by atoms with E-state index in [0.717, 1.165) is 24.4 Å². The molecule has 0 aromatic heterocycles. The quantitative estimate of drug-likeness (QED) is 0.787. The second-order valence-corrected chi connectivity index (χ2v) is 4.11. The minimum Gasteiger partial charge on any atom is -0.316 e. The Labute approximate surface area is 89.8 Å². The van der Waals surface area contributed by atoms with Crippen LogP contribution in [0.2, 0.25) is 5.02 Å². The van der Waals surface area contributed by atoms with E-state index in [-0.39, 0.29) is 0 Å². The van der Waals surface area contributed by atoms with Crippen LogP contribution in [0.5, 0.6) is 0 Å². The Kier molecular flexibility index (Phi) is 2.90. The van der Waals surface area contributed by atoms with Gasteiger partial charge in [0.25, 0.3) is 0 Å². The molecular weight excluding hydrogens is 194 g/mol. The van der Waals surface area contributed by atoms with Gasteiger partial charge in [0.1, 0.15) is 0 Å². The number of rotatable bonds is 2. The zero-order valence-corrected chi connectivity index (χ0v) is 9.06. The van der Waals surface area contributed by atoms with Crippen molar-refractivity contribution in [2.75, 3.05) is 13.6 Å². The zero-order valence-electron chi connectivity index (χ0n) is 8.31. The number of fused-ring (bicyclic) bond motifs is 1. The van der Waals surface area contributed by atoms with Gasteiger partial charge in [-0.25, -0.2) is 0 Å². The number of benzene rings is 1. The topological polar surface area (TPSA) is 12.0 Å². The molecule has 0 amide bonds. The molecule has 2 rings (SSSR count). The summed E-state index contributed by atoms with van der Waals surface area (Å²) in [4.78, 5) is 0. The van der Waals surface area contributed by atoms with Crippen LogP contribution in [0.4, 0.5) is 0 Å². The highest BCUT2D eigenvalue weighted by Crippen LogP contribution is 2.25. The summed E-state index contributed by atoms with van der Waals surface area (Å²) in [6.45, 7) is 0.988. The lowest BCUT2D eigenvalue weighted by Gasteiger charge is -2.16. The van der Waals surface area contributed by atoms with Gasteiger partial charge in [0.2, 0.25) is 0 Å². The molecule has 1 N–H and O–H groups in total. The Morgan fingerprint density at radius 1 is 1.36 bits per heavy atom. The minimum absolute atomic E-state index is 0.842. The number of aryl methyl sites for hydroxylation is 1. The van der Waals surface area contributed by atoms with Gasteiger partial charge >= 0.3 is 0 Å². The number of nitrogens with one attached hydrogen (secondary N) is 1. The van der Waals surface area contributed by atoms with E-state index in [4.69, 9.17) is 11.6 Å². The fourth-order valence-corrected chi connectivity index (χ4v) is 2.08.